The number of anilines is 1. The highest BCUT2D eigenvalue weighted by atomic mass is 16.2. The van der Waals surface area contributed by atoms with Gasteiger partial charge in [0.25, 0.3) is 0 Å². The van der Waals surface area contributed by atoms with Crippen LogP contribution in [0.3, 0.4) is 0 Å². The Morgan fingerprint density at radius 3 is 2.60 bits per heavy atom. The Morgan fingerprint density at radius 1 is 1.23 bits per heavy atom. The Morgan fingerprint density at radius 2 is 1.97 bits per heavy atom. The van der Waals surface area contributed by atoms with Gasteiger partial charge in [-0.1, -0.05) is 18.2 Å². The maximum atomic E-state index is 13.1. The van der Waals surface area contributed by atoms with Crippen LogP contribution in [0.15, 0.2) is 30.3 Å². The molecule has 0 bridgehead atoms. The van der Waals surface area contributed by atoms with Crippen LogP contribution >= 0.6 is 0 Å². The molecular weight excluding hydrogens is 380 g/mol. The highest BCUT2D eigenvalue weighted by Gasteiger charge is 2.31. The summed E-state index contributed by atoms with van der Waals surface area (Å²) in [5, 5.41) is 5.95. The van der Waals surface area contributed by atoms with Gasteiger partial charge >= 0.3 is 6.03 Å². The number of para-hydroxylation sites is 1. The van der Waals surface area contributed by atoms with Gasteiger partial charge in [0.1, 0.15) is 5.78 Å². The molecule has 0 aromatic heterocycles. The highest BCUT2D eigenvalue weighted by Crippen LogP contribution is 2.28. The smallest absolute Gasteiger partial charge is 0.324 e. The summed E-state index contributed by atoms with van der Waals surface area (Å²) < 4.78 is 0. The van der Waals surface area contributed by atoms with Crippen molar-refractivity contribution in [2.45, 2.75) is 39.0 Å². The van der Waals surface area contributed by atoms with E-state index in [0.717, 1.165) is 18.5 Å². The normalized spacial score (nSPS) is 17.3. The van der Waals surface area contributed by atoms with Gasteiger partial charge in [0.05, 0.1) is 5.92 Å². The van der Waals surface area contributed by atoms with Crippen molar-refractivity contribution in [3.63, 3.8) is 0 Å². The molecule has 1 fully saturated rings. The lowest BCUT2D eigenvalue weighted by molar-refractivity contribution is -0.133. The van der Waals surface area contributed by atoms with Crippen LogP contribution in [0, 0.1) is 11.8 Å². The van der Waals surface area contributed by atoms with Crippen molar-refractivity contribution in [1.82, 2.24) is 15.5 Å². The number of ketones is 1. The standard InChI is InChI=1S/C23H36N4O3/c1-4-27(23(30)25-13-14-26(3)20-10-6-5-7-11-20)22(29)19(17-24-2)15-18-9-8-12-21(28)16-18/h5-7,10-11,18-19,24H,4,8-9,12-17H2,1-3H3,(H,25,30). The average molecular weight is 417 g/mol. The van der Waals surface area contributed by atoms with Gasteiger partial charge in [0.15, 0.2) is 0 Å². The highest BCUT2D eigenvalue weighted by molar-refractivity contribution is 5.95. The van der Waals surface area contributed by atoms with Gasteiger partial charge in [0.2, 0.25) is 5.91 Å². The molecule has 7 heteroatoms. The summed E-state index contributed by atoms with van der Waals surface area (Å²) in [7, 11) is 3.78. The predicted octanol–water partition coefficient (Wildman–Crippen LogP) is 2.67. The number of carbonyl (C=O) groups is 3. The van der Waals surface area contributed by atoms with Gasteiger partial charge in [-0.3, -0.25) is 14.5 Å². The van der Waals surface area contributed by atoms with Crippen molar-refractivity contribution in [2.24, 2.45) is 11.8 Å². The van der Waals surface area contributed by atoms with E-state index < -0.39 is 0 Å². The molecule has 0 saturated heterocycles. The first-order chi connectivity index (χ1) is 14.5. The van der Waals surface area contributed by atoms with Crippen molar-refractivity contribution >= 4 is 23.4 Å². The summed E-state index contributed by atoms with van der Waals surface area (Å²) in [6, 6.07) is 9.59. The molecule has 2 N–H and O–H groups in total. The van der Waals surface area contributed by atoms with E-state index in [2.05, 4.69) is 15.5 Å². The van der Waals surface area contributed by atoms with Crippen LogP contribution in [0.5, 0.6) is 0 Å². The number of imide groups is 1. The molecule has 0 aliphatic heterocycles. The summed E-state index contributed by atoms with van der Waals surface area (Å²) in [5.74, 6) is 0.0479. The fourth-order valence-electron chi connectivity index (χ4n) is 4.09. The topological polar surface area (TPSA) is 81.8 Å². The van der Waals surface area contributed by atoms with Crippen LogP contribution in [0.1, 0.15) is 39.0 Å². The zero-order valence-corrected chi connectivity index (χ0v) is 18.5. The number of Topliss-reactive ketones (excluding diaryl/α,β-unsaturated/α-hetero) is 1. The fourth-order valence-corrected chi connectivity index (χ4v) is 4.09. The fraction of sp³-hybridized carbons (Fsp3) is 0.609. The van der Waals surface area contributed by atoms with Crippen molar-refractivity contribution in [3.8, 4) is 0 Å². The summed E-state index contributed by atoms with van der Waals surface area (Å²) in [4.78, 5) is 40.9. The summed E-state index contributed by atoms with van der Waals surface area (Å²) in [6.45, 7) is 3.73. The second-order valence-electron chi connectivity index (χ2n) is 8.06. The van der Waals surface area contributed by atoms with Crippen molar-refractivity contribution in [1.29, 1.82) is 0 Å². The number of nitrogens with one attached hydrogen (secondary N) is 2. The Hall–Kier alpha value is -2.41. The first kappa shape index (κ1) is 23.9. The van der Waals surface area contributed by atoms with E-state index >= 15 is 0 Å². The van der Waals surface area contributed by atoms with Crippen LogP contribution in [0.4, 0.5) is 10.5 Å². The van der Waals surface area contributed by atoms with Gasteiger partial charge in [-0.2, -0.15) is 0 Å². The maximum absolute atomic E-state index is 13.1. The monoisotopic (exact) mass is 416 g/mol. The van der Waals surface area contributed by atoms with Crippen LogP contribution in [0.2, 0.25) is 0 Å². The zero-order chi connectivity index (χ0) is 21.9. The number of urea groups is 1. The average Bonchev–Trinajstić information content (AvgIpc) is 2.74. The van der Waals surface area contributed by atoms with Gasteiger partial charge < -0.3 is 15.5 Å². The van der Waals surface area contributed by atoms with Crippen molar-refractivity contribution in [3.05, 3.63) is 30.3 Å². The summed E-state index contributed by atoms with van der Waals surface area (Å²) >= 11 is 0. The molecule has 1 aliphatic rings. The minimum Gasteiger partial charge on any atom is -0.373 e. The minimum absolute atomic E-state index is 0.168. The number of amides is 3. The van der Waals surface area contributed by atoms with Crippen LogP contribution < -0.4 is 15.5 Å². The Balaban J connectivity index is 1.89. The predicted molar refractivity (Wildman–Crippen MR) is 119 cm³/mol. The van der Waals surface area contributed by atoms with Gasteiger partial charge in [-0.05, 0) is 51.3 Å². The second kappa shape index (κ2) is 12.3. The lowest BCUT2D eigenvalue weighted by atomic mass is 9.81. The Kier molecular flexibility index (Phi) is 9.80. The van der Waals surface area contributed by atoms with E-state index in [1.807, 2.05) is 51.4 Å². The Bertz CT molecular complexity index is 695. The van der Waals surface area contributed by atoms with E-state index in [0.29, 0.717) is 45.4 Å². The third-order valence-corrected chi connectivity index (χ3v) is 5.75. The van der Waals surface area contributed by atoms with Gasteiger partial charge in [0, 0.05) is 51.8 Å². The zero-order valence-electron chi connectivity index (χ0n) is 18.5. The quantitative estimate of drug-likeness (QED) is 0.613. The molecule has 2 rings (SSSR count). The summed E-state index contributed by atoms with van der Waals surface area (Å²) in [5.41, 5.74) is 1.08. The molecule has 30 heavy (non-hydrogen) atoms. The third-order valence-electron chi connectivity index (χ3n) is 5.75. The number of hydrogen-bond acceptors (Lipinski definition) is 5. The molecule has 3 amide bonds. The van der Waals surface area contributed by atoms with Crippen LogP contribution in [-0.2, 0) is 9.59 Å². The lowest BCUT2D eigenvalue weighted by Crippen LogP contribution is -2.49. The second-order valence-corrected chi connectivity index (χ2v) is 8.06. The summed E-state index contributed by atoms with van der Waals surface area (Å²) in [6.07, 6.45) is 3.73. The van der Waals surface area contributed by atoms with Gasteiger partial charge in [-0.15, -0.1) is 0 Å². The maximum Gasteiger partial charge on any atom is 0.324 e. The number of nitrogens with zero attached hydrogens (tertiary/aromatic N) is 2. The molecule has 1 aromatic rings. The largest absolute Gasteiger partial charge is 0.373 e. The number of benzene rings is 1. The van der Waals surface area contributed by atoms with E-state index in [-0.39, 0.29) is 29.6 Å². The number of likely N-dealkylation sites (N-methyl/N-ethyl adjacent to an activating group) is 1. The number of hydrogen-bond donors (Lipinski definition) is 2. The SMILES string of the molecule is CCN(C(=O)NCCN(C)c1ccccc1)C(=O)C(CNC)CC1CCCC(=O)C1. The molecular formula is C23H36N4O3. The molecule has 1 saturated carbocycles. The van der Waals surface area contributed by atoms with E-state index in [1.165, 1.54) is 4.90 Å². The first-order valence-corrected chi connectivity index (χ1v) is 11.0. The van der Waals surface area contributed by atoms with Gasteiger partial charge in [-0.25, -0.2) is 4.79 Å². The lowest BCUT2D eigenvalue weighted by Gasteiger charge is -2.29. The molecule has 0 heterocycles. The Labute approximate surface area is 180 Å². The van der Waals surface area contributed by atoms with Crippen molar-refractivity contribution < 1.29 is 14.4 Å². The number of carbonyl (C=O) groups excluding carboxylic acids is 3. The van der Waals surface area contributed by atoms with Crippen LogP contribution in [-0.4, -0.2) is 62.9 Å². The van der Waals surface area contributed by atoms with E-state index in [1.54, 1.807) is 0 Å². The van der Waals surface area contributed by atoms with E-state index in [9.17, 15) is 14.4 Å². The molecule has 166 valence electrons. The number of rotatable bonds is 10. The van der Waals surface area contributed by atoms with Crippen molar-refractivity contribution in [2.75, 3.05) is 45.2 Å². The first-order valence-electron chi connectivity index (χ1n) is 11.0. The van der Waals surface area contributed by atoms with Crippen LogP contribution in [0.25, 0.3) is 0 Å². The molecule has 1 aliphatic carbocycles. The molecule has 2 unspecified atom stereocenters. The minimum atomic E-state index is -0.357. The molecule has 2 atom stereocenters. The molecule has 7 nitrogen and oxygen atoms in total. The molecule has 0 radical (unpaired) electrons. The molecule has 1 aromatic carbocycles. The third kappa shape index (κ3) is 7.13. The van der Waals surface area contributed by atoms with E-state index in [4.69, 9.17) is 0 Å². The molecule has 0 spiro atoms.